The van der Waals surface area contributed by atoms with Crippen LogP contribution in [0.1, 0.15) is 18.1 Å². The maximum absolute atomic E-state index is 13.1. The zero-order valence-corrected chi connectivity index (χ0v) is 11.7. The van der Waals surface area contributed by atoms with Crippen LogP contribution in [0.15, 0.2) is 39.5 Å². The Balaban J connectivity index is 2.26. The van der Waals surface area contributed by atoms with Crippen LogP contribution in [-0.2, 0) is 12.0 Å². The molecule has 2 rings (SSSR count). The minimum atomic E-state index is -0.993. The molecule has 17 heavy (non-hydrogen) atoms. The highest BCUT2D eigenvalue weighted by atomic mass is 79.9. The number of halogens is 2. The van der Waals surface area contributed by atoms with Crippen LogP contribution in [0.5, 0.6) is 0 Å². The van der Waals surface area contributed by atoms with Gasteiger partial charge in [-0.3, -0.25) is 0 Å². The summed E-state index contributed by atoms with van der Waals surface area (Å²) in [7, 11) is 0. The monoisotopic (exact) mass is 314 g/mol. The first kappa shape index (κ1) is 12.7. The number of aliphatic hydroxyl groups is 1. The molecule has 1 aromatic heterocycles. The molecular weight excluding hydrogens is 303 g/mol. The molecule has 0 radical (unpaired) electrons. The van der Waals surface area contributed by atoms with Crippen LogP contribution in [0.25, 0.3) is 0 Å². The van der Waals surface area contributed by atoms with Gasteiger partial charge in [-0.2, -0.15) is 11.3 Å². The van der Waals surface area contributed by atoms with E-state index in [2.05, 4.69) is 15.9 Å². The molecule has 1 heterocycles. The van der Waals surface area contributed by atoms with Crippen LogP contribution < -0.4 is 0 Å². The molecular formula is C13H12BrFOS. The molecule has 0 saturated heterocycles. The molecule has 90 valence electrons. The van der Waals surface area contributed by atoms with Gasteiger partial charge in [-0.1, -0.05) is 12.1 Å². The van der Waals surface area contributed by atoms with E-state index in [-0.39, 0.29) is 5.82 Å². The molecule has 0 spiro atoms. The standard InChI is InChI=1S/C13H12BrFOS/c1-13(16,11-7-17-8-12(11)14)6-9-3-2-4-10(15)5-9/h2-5,7-8,16H,6H2,1H3. The molecule has 4 heteroatoms. The highest BCUT2D eigenvalue weighted by Crippen LogP contribution is 2.33. The van der Waals surface area contributed by atoms with Gasteiger partial charge < -0.3 is 5.11 Å². The van der Waals surface area contributed by atoms with Gasteiger partial charge in [0, 0.05) is 21.8 Å². The van der Waals surface area contributed by atoms with Crippen molar-refractivity contribution in [3.05, 3.63) is 56.4 Å². The average molecular weight is 315 g/mol. The van der Waals surface area contributed by atoms with Gasteiger partial charge in [-0.05, 0) is 45.9 Å². The fourth-order valence-corrected chi connectivity index (χ4v) is 3.65. The average Bonchev–Trinajstić information content (AvgIpc) is 2.64. The second kappa shape index (κ2) is 4.88. The Kier molecular flexibility index (Phi) is 3.66. The summed E-state index contributed by atoms with van der Waals surface area (Å²) < 4.78 is 14.0. The summed E-state index contributed by atoms with van der Waals surface area (Å²) in [6.45, 7) is 1.74. The molecule has 1 aromatic carbocycles. The summed E-state index contributed by atoms with van der Waals surface area (Å²) in [5.74, 6) is -0.275. The summed E-state index contributed by atoms with van der Waals surface area (Å²) in [5.41, 5.74) is 0.631. The number of hydrogen-bond donors (Lipinski definition) is 1. The van der Waals surface area contributed by atoms with E-state index in [4.69, 9.17) is 0 Å². The molecule has 0 amide bonds. The quantitative estimate of drug-likeness (QED) is 0.904. The minimum Gasteiger partial charge on any atom is -0.385 e. The first-order chi connectivity index (χ1) is 7.99. The van der Waals surface area contributed by atoms with Crippen molar-refractivity contribution in [1.29, 1.82) is 0 Å². The Bertz CT molecular complexity index is 522. The number of hydrogen-bond acceptors (Lipinski definition) is 2. The van der Waals surface area contributed by atoms with Crippen LogP contribution in [0.2, 0.25) is 0 Å². The van der Waals surface area contributed by atoms with E-state index in [1.807, 2.05) is 16.8 Å². The highest BCUT2D eigenvalue weighted by molar-refractivity contribution is 9.10. The maximum Gasteiger partial charge on any atom is 0.123 e. The maximum atomic E-state index is 13.1. The summed E-state index contributed by atoms with van der Waals surface area (Å²) in [4.78, 5) is 0. The van der Waals surface area contributed by atoms with E-state index < -0.39 is 5.60 Å². The highest BCUT2D eigenvalue weighted by Gasteiger charge is 2.26. The lowest BCUT2D eigenvalue weighted by Gasteiger charge is -2.23. The SMILES string of the molecule is CC(O)(Cc1cccc(F)c1)c1cscc1Br. The Morgan fingerprint density at radius 2 is 2.18 bits per heavy atom. The van der Waals surface area contributed by atoms with Crippen molar-refractivity contribution >= 4 is 27.3 Å². The van der Waals surface area contributed by atoms with Crippen LogP contribution in [0, 0.1) is 5.82 Å². The van der Waals surface area contributed by atoms with Crippen LogP contribution >= 0.6 is 27.3 Å². The molecule has 1 atom stereocenters. The molecule has 1 unspecified atom stereocenters. The molecule has 0 aliphatic heterocycles. The third-order valence-corrected chi connectivity index (χ3v) is 4.34. The van der Waals surface area contributed by atoms with Gasteiger partial charge in [0.1, 0.15) is 5.82 Å². The van der Waals surface area contributed by atoms with Crippen LogP contribution in [-0.4, -0.2) is 5.11 Å². The van der Waals surface area contributed by atoms with Gasteiger partial charge in [0.15, 0.2) is 0 Å². The first-order valence-corrected chi connectivity index (χ1v) is 6.91. The third kappa shape index (κ3) is 2.94. The fourth-order valence-electron chi connectivity index (χ4n) is 1.81. The van der Waals surface area contributed by atoms with Crippen molar-refractivity contribution in [1.82, 2.24) is 0 Å². The van der Waals surface area contributed by atoms with Crippen LogP contribution in [0.3, 0.4) is 0 Å². The van der Waals surface area contributed by atoms with Crippen molar-refractivity contribution in [2.24, 2.45) is 0 Å². The lowest BCUT2D eigenvalue weighted by Crippen LogP contribution is -2.24. The Morgan fingerprint density at radius 1 is 1.41 bits per heavy atom. The molecule has 2 aromatic rings. The van der Waals surface area contributed by atoms with E-state index in [1.54, 1.807) is 13.0 Å². The van der Waals surface area contributed by atoms with E-state index in [1.165, 1.54) is 23.5 Å². The van der Waals surface area contributed by atoms with Gasteiger partial charge >= 0.3 is 0 Å². The summed E-state index contributed by atoms with van der Waals surface area (Å²) in [6, 6.07) is 6.33. The largest absolute Gasteiger partial charge is 0.385 e. The van der Waals surface area contributed by atoms with E-state index in [0.717, 1.165) is 15.6 Å². The smallest absolute Gasteiger partial charge is 0.123 e. The second-order valence-electron chi connectivity index (χ2n) is 4.21. The molecule has 0 bridgehead atoms. The van der Waals surface area contributed by atoms with Gasteiger partial charge in [0.2, 0.25) is 0 Å². The topological polar surface area (TPSA) is 20.2 Å². The predicted molar refractivity (Wildman–Crippen MR) is 71.7 cm³/mol. The van der Waals surface area contributed by atoms with E-state index in [0.29, 0.717) is 6.42 Å². The Labute approximate surface area is 112 Å². The van der Waals surface area contributed by atoms with Crippen molar-refractivity contribution in [3.63, 3.8) is 0 Å². The predicted octanol–water partition coefficient (Wildman–Crippen LogP) is 4.10. The van der Waals surface area contributed by atoms with Gasteiger partial charge in [0.25, 0.3) is 0 Å². The number of benzene rings is 1. The van der Waals surface area contributed by atoms with Crippen molar-refractivity contribution in [3.8, 4) is 0 Å². The van der Waals surface area contributed by atoms with E-state index in [9.17, 15) is 9.50 Å². The van der Waals surface area contributed by atoms with Gasteiger partial charge in [-0.25, -0.2) is 4.39 Å². The zero-order valence-electron chi connectivity index (χ0n) is 9.28. The number of thiophene rings is 1. The third-order valence-electron chi connectivity index (χ3n) is 2.63. The van der Waals surface area contributed by atoms with E-state index >= 15 is 0 Å². The minimum absolute atomic E-state index is 0.275. The van der Waals surface area contributed by atoms with Crippen molar-refractivity contribution in [2.45, 2.75) is 18.9 Å². The molecule has 0 fully saturated rings. The molecule has 0 aliphatic rings. The summed E-state index contributed by atoms with van der Waals surface area (Å²) in [5, 5.41) is 14.3. The van der Waals surface area contributed by atoms with Gasteiger partial charge in [0.05, 0.1) is 5.60 Å². The molecule has 1 N–H and O–H groups in total. The molecule has 0 aliphatic carbocycles. The van der Waals surface area contributed by atoms with Gasteiger partial charge in [-0.15, -0.1) is 0 Å². The summed E-state index contributed by atoms with van der Waals surface area (Å²) in [6.07, 6.45) is 0.389. The number of rotatable bonds is 3. The normalized spacial score (nSPS) is 14.6. The first-order valence-electron chi connectivity index (χ1n) is 5.18. The van der Waals surface area contributed by atoms with Crippen molar-refractivity contribution in [2.75, 3.05) is 0 Å². The lowest BCUT2D eigenvalue weighted by atomic mass is 9.91. The van der Waals surface area contributed by atoms with Crippen LogP contribution in [0.4, 0.5) is 4.39 Å². The summed E-state index contributed by atoms with van der Waals surface area (Å²) >= 11 is 4.93. The molecule has 1 nitrogen and oxygen atoms in total. The van der Waals surface area contributed by atoms with Crippen molar-refractivity contribution < 1.29 is 9.50 Å². The fraction of sp³-hybridized carbons (Fsp3) is 0.231. The second-order valence-corrected chi connectivity index (χ2v) is 5.81. The molecule has 0 saturated carbocycles. The Morgan fingerprint density at radius 3 is 2.76 bits per heavy atom. The zero-order chi connectivity index (χ0) is 12.5. The lowest BCUT2D eigenvalue weighted by molar-refractivity contribution is 0.0573. The Hall–Kier alpha value is -0.710.